The minimum Gasteiger partial charge on any atom is -0.378 e. The molecule has 2 atom stereocenters. The van der Waals surface area contributed by atoms with Gasteiger partial charge in [0.05, 0.1) is 12.1 Å². The van der Waals surface area contributed by atoms with Crippen molar-refractivity contribution in [2.24, 2.45) is 0 Å². The predicted octanol–water partition coefficient (Wildman–Crippen LogP) is 0.795. The number of urea groups is 1. The molecule has 0 spiro atoms. The predicted molar refractivity (Wildman–Crippen MR) is 66.1 cm³/mol. The molecule has 1 aromatic carbocycles. The number of rotatable bonds is 3. The number of carbonyl (C=O) groups excluding carboxylic acids is 1. The van der Waals surface area contributed by atoms with Gasteiger partial charge in [0, 0.05) is 25.9 Å². The zero-order valence-corrected chi connectivity index (χ0v) is 9.77. The first kappa shape index (κ1) is 11.9. The third kappa shape index (κ3) is 3.18. The lowest BCUT2D eigenvalue weighted by Crippen LogP contribution is -2.45. The fraction of sp³-hybridized carbons (Fsp3) is 0.417. The molecular formula is C12H17N3O2. The van der Waals surface area contributed by atoms with E-state index in [1.165, 1.54) is 0 Å². The molecule has 0 aliphatic carbocycles. The van der Waals surface area contributed by atoms with Crippen LogP contribution in [0.4, 0.5) is 10.5 Å². The van der Waals surface area contributed by atoms with Crippen LogP contribution in [-0.2, 0) is 4.74 Å². The van der Waals surface area contributed by atoms with Gasteiger partial charge in [0.1, 0.15) is 0 Å². The molecule has 1 saturated heterocycles. The average Bonchev–Trinajstić information content (AvgIpc) is 2.77. The summed E-state index contributed by atoms with van der Waals surface area (Å²) in [5.41, 5.74) is 0.782. The van der Waals surface area contributed by atoms with Crippen LogP contribution in [0.1, 0.15) is 0 Å². The Morgan fingerprint density at radius 3 is 2.82 bits per heavy atom. The number of amides is 2. The van der Waals surface area contributed by atoms with Crippen molar-refractivity contribution in [1.82, 2.24) is 10.6 Å². The molecule has 0 aromatic heterocycles. The maximum absolute atomic E-state index is 11.7. The summed E-state index contributed by atoms with van der Waals surface area (Å²) in [4.78, 5) is 11.7. The van der Waals surface area contributed by atoms with E-state index in [1.54, 1.807) is 7.11 Å². The van der Waals surface area contributed by atoms with Gasteiger partial charge in [-0.2, -0.15) is 0 Å². The first-order valence-electron chi connectivity index (χ1n) is 5.65. The second kappa shape index (κ2) is 5.65. The summed E-state index contributed by atoms with van der Waals surface area (Å²) < 4.78 is 5.27. The Kier molecular flexibility index (Phi) is 3.95. The number of anilines is 1. The first-order valence-corrected chi connectivity index (χ1v) is 5.65. The van der Waals surface area contributed by atoms with Crippen LogP contribution in [0.25, 0.3) is 0 Å². The van der Waals surface area contributed by atoms with Gasteiger partial charge in [-0.05, 0) is 12.1 Å². The monoisotopic (exact) mass is 235 g/mol. The van der Waals surface area contributed by atoms with Crippen LogP contribution >= 0.6 is 0 Å². The molecule has 0 saturated carbocycles. The molecule has 1 fully saturated rings. The van der Waals surface area contributed by atoms with Crippen molar-refractivity contribution in [1.29, 1.82) is 0 Å². The van der Waals surface area contributed by atoms with Gasteiger partial charge in [-0.15, -0.1) is 0 Å². The van der Waals surface area contributed by atoms with Gasteiger partial charge >= 0.3 is 6.03 Å². The Morgan fingerprint density at radius 1 is 1.35 bits per heavy atom. The summed E-state index contributed by atoms with van der Waals surface area (Å²) in [5, 5.41) is 8.85. The van der Waals surface area contributed by atoms with E-state index < -0.39 is 0 Å². The van der Waals surface area contributed by atoms with Gasteiger partial charge in [-0.25, -0.2) is 4.79 Å². The molecule has 5 heteroatoms. The van der Waals surface area contributed by atoms with E-state index in [0.29, 0.717) is 0 Å². The number of hydrogen-bond donors (Lipinski definition) is 3. The Bertz CT molecular complexity index is 369. The van der Waals surface area contributed by atoms with Gasteiger partial charge in [0.2, 0.25) is 0 Å². The number of para-hydroxylation sites is 1. The number of ether oxygens (including phenoxy) is 1. The van der Waals surface area contributed by atoms with Crippen LogP contribution in [0.3, 0.4) is 0 Å². The highest BCUT2D eigenvalue weighted by Crippen LogP contribution is 2.06. The SMILES string of the molecule is CO[C@H]1CNCC1NC(=O)Nc1ccccc1. The maximum atomic E-state index is 11.7. The van der Waals surface area contributed by atoms with Crippen molar-refractivity contribution in [3.63, 3.8) is 0 Å². The number of nitrogens with one attached hydrogen (secondary N) is 3. The van der Waals surface area contributed by atoms with Crippen LogP contribution in [0.15, 0.2) is 30.3 Å². The van der Waals surface area contributed by atoms with Crippen LogP contribution in [-0.4, -0.2) is 38.4 Å². The molecule has 0 radical (unpaired) electrons. The molecule has 1 unspecified atom stereocenters. The maximum Gasteiger partial charge on any atom is 0.319 e. The molecule has 17 heavy (non-hydrogen) atoms. The number of carbonyl (C=O) groups is 1. The van der Waals surface area contributed by atoms with Gasteiger partial charge in [-0.1, -0.05) is 18.2 Å². The zero-order valence-electron chi connectivity index (χ0n) is 9.77. The molecule has 2 rings (SSSR count). The van der Waals surface area contributed by atoms with Crippen molar-refractivity contribution in [3.8, 4) is 0 Å². The number of benzene rings is 1. The highest BCUT2D eigenvalue weighted by atomic mass is 16.5. The van der Waals surface area contributed by atoms with Crippen LogP contribution < -0.4 is 16.0 Å². The molecule has 92 valence electrons. The molecular weight excluding hydrogens is 218 g/mol. The standard InChI is InChI=1S/C12H17N3O2/c1-17-11-8-13-7-10(11)15-12(16)14-9-5-3-2-4-6-9/h2-6,10-11,13H,7-8H2,1H3,(H2,14,15,16)/t10?,11-/m0/s1. The Morgan fingerprint density at radius 2 is 2.12 bits per heavy atom. The molecule has 5 nitrogen and oxygen atoms in total. The molecule has 2 amide bonds. The second-order valence-electron chi connectivity index (χ2n) is 4.00. The number of hydrogen-bond acceptors (Lipinski definition) is 3. The average molecular weight is 235 g/mol. The largest absolute Gasteiger partial charge is 0.378 e. The topological polar surface area (TPSA) is 62.4 Å². The van der Waals surface area contributed by atoms with Crippen molar-refractivity contribution in [2.75, 3.05) is 25.5 Å². The van der Waals surface area contributed by atoms with E-state index in [1.807, 2.05) is 30.3 Å². The fourth-order valence-electron chi connectivity index (χ4n) is 1.90. The summed E-state index contributed by atoms with van der Waals surface area (Å²) in [7, 11) is 1.65. The quantitative estimate of drug-likeness (QED) is 0.726. The lowest BCUT2D eigenvalue weighted by molar-refractivity contribution is 0.0991. The highest BCUT2D eigenvalue weighted by Gasteiger charge is 2.27. The normalized spacial score (nSPS) is 23.4. The summed E-state index contributed by atoms with van der Waals surface area (Å²) >= 11 is 0. The molecule has 1 aliphatic heterocycles. The van der Waals surface area contributed by atoms with E-state index in [4.69, 9.17) is 4.74 Å². The summed E-state index contributed by atoms with van der Waals surface area (Å²) in [6.45, 7) is 1.51. The third-order valence-corrected chi connectivity index (χ3v) is 2.81. The van der Waals surface area contributed by atoms with Crippen molar-refractivity contribution in [3.05, 3.63) is 30.3 Å². The third-order valence-electron chi connectivity index (χ3n) is 2.81. The summed E-state index contributed by atoms with van der Waals surface area (Å²) in [5.74, 6) is 0. The smallest absolute Gasteiger partial charge is 0.319 e. The summed E-state index contributed by atoms with van der Waals surface area (Å²) in [6, 6.07) is 9.18. The molecule has 1 aromatic rings. The van der Waals surface area contributed by atoms with Crippen molar-refractivity contribution >= 4 is 11.7 Å². The van der Waals surface area contributed by atoms with Gasteiger partial charge < -0.3 is 20.7 Å². The lowest BCUT2D eigenvalue weighted by atomic mass is 10.2. The molecule has 3 N–H and O–H groups in total. The summed E-state index contributed by atoms with van der Waals surface area (Å²) in [6.07, 6.45) is 0.0384. The second-order valence-corrected chi connectivity index (χ2v) is 4.00. The molecule has 0 bridgehead atoms. The van der Waals surface area contributed by atoms with E-state index in [0.717, 1.165) is 18.8 Å². The van der Waals surface area contributed by atoms with E-state index in [2.05, 4.69) is 16.0 Å². The van der Waals surface area contributed by atoms with Gasteiger partial charge in [0.25, 0.3) is 0 Å². The molecule has 1 aliphatic rings. The Labute approximate surface area is 101 Å². The minimum atomic E-state index is -0.202. The van der Waals surface area contributed by atoms with E-state index >= 15 is 0 Å². The zero-order chi connectivity index (χ0) is 12.1. The first-order chi connectivity index (χ1) is 8.29. The van der Waals surface area contributed by atoms with E-state index in [9.17, 15) is 4.79 Å². The Balaban J connectivity index is 1.85. The number of methoxy groups -OCH3 is 1. The van der Waals surface area contributed by atoms with Crippen LogP contribution in [0.5, 0.6) is 0 Å². The van der Waals surface area contributed by atoms with Crippen LogP contribution in [0, 0.1) is 0 Å². The highest BCUT2D eigenvalue weighted by molar-refractivity contribution is 5.89. The fourth-order valence-corrected chi connectivity index (χ4v) is 1.90. The Hall–Kier alpha value is -1.59. The van der Waals surface area contributed by atoms with Crippen molar-refractivity contribution < 1.29 is 9.53 Å². The van der Waals surface area contributed by atoms with Gasteiger partial charge in [-0.3, -0.25) is 0 Å². The van der Waals surface area contributed by atoms with E-state index in [-0.39, 0.29) is 18.2 Å². The molecule has 1 heterocycles. The minimum absolute atomic E-state index is 0.0173. The van der Waals surface area contributed by atoms with Crippen molar-refractivity contribution in [2.45, 2.75) is 12.1 Å². The lowest BCUT2D eigenvalue weighted by Gasteiger charge is -2.18. The van der Waals surface area contributed by atoms with Gasteiger partial charge in [0.15, 0.2) is 0 Å². The van der Waals surface area contributed by atoms with Crippen LogP contribution in [0.2, 0.25) is 0 Å².